The minimum absolute atomic E-state index is 0.0669. The van der Waals surface area contributed by atoms with Crippen molar-refractivity contribution in [2.45, 2.75) is 335 Å². The van der Waals surface area contributed by atoms with Crippen LogP contribution in [-0.4, -0.2) is 37.2 Å². The van der Waals surface area contributed by atoms with Gasteiger partial charge in [-0.1, -0.05) is 277 Å². The second kappa shape index (κ2) is 54.8. The van der Waals surface area contributed by atoms with Gasteiger partial charge in [-0.25, -0.2) is 0 Å². The van der Waals surface area contributed by atoms with Gasteiger partial charge in [0.15, 0.2) is 6.10 Å². The van der Waals surface area contributed by atoms with Crippen LogP contribution in [0.25, 0.3) is 0 Å². The lowest BCUT2D eigenvalue weighted by atomic mass is 10.0. The Bertz CT molecular complexity index is 1010. The molecule has 0 amide bonds. The van der Waals surface area contributed by atoms with Crippen molar-refractivity contribution < 1.29 is 28.6 Å². The van der Waals surface area contributed by atoms with Crippen LogP contribution in [0.1, 0.15) is 329 Å². The molecule has 0 rings (SSSR count). The van der Waals surface area contributed by atoms with Crippen molar-refractivity contribution in [1.29, 1.82) is 0 Å². The van der Waals surface area contributed by atoms with Gasteiger partial charge in [0.25, 0.3) is 0 Å². The summed E-state index contributed by atoms with van der Waals surface area (Å²) in [7, 11) is 0. The molecule has 1 unspecified atom stereocenters. The monoisotopic (exact) mass is 917 g/mol. The first-order valence-corrected chi connectivity index (χ1v) is 29.2. The van der Waals surface area contributed by atoms with Gasteiger partial charge >= 0.3 is 17.9 Å². The fraction of sp³-hybridized carbons (Fsp3) is 0.915. The molecule has 65 heavy (non-hydrogen) atoms. The molecule has 0 aromatic heterocycles. The zero-order valence-corrected chi connectivity index (χ0v) is 44.0. The standard InChI is InChI=1S/C59H112O6/c1-4-7-10-13-16-18-20-22-24-26-28-29-30-31-32-34-35-37-39-41-43-46-49-52-58(61)64-55-56(54-63-57(60)51-48-45-15-12-9-6-3)65-59(62)53-50-47-44-42-40-38-36-33-27-25-23-21-19-17-14-11-8-5-2/h25,27,56H,4-24,26,28-55H2,1-3H3/b27-25-. The van der Waals surface area contributed by atoms with Crippen molar-refractivity contribution in [3.05, 3.63) is 12.2 Å². The number of carbonyl (C=O) groups is 3. The smallest absolute Gasteiger partial charge is 0.306 e. The molecule has 0 aromatic carbocycles. The Morgan fingerprint density at radius 2 is 0.508 bits per heavy atom. The normalized spacial score (nSPS) is 12.0. The van der Waals surface area contributed by atoms with Crippen LogP contribution in [0.2, 0.25) is 0 Å². The minimum atomic E-state index is -0.765. The minimum Gasteiger partial charge on any atom is -0.462 e. The summed E-state index contributed by atoms with van der Waals surface area (Å²) < 4.78 is 16.8. The quantitative estimate of drug-likeness (QED) is 0.0262. The molecule has 0 aromatic rings. The lowest BCUT2D eigenvalue weighted by Gasteiger charge is -2.18. The van der Waals surface area contributed by atoms with E-state index in [-0.39, 0.29) is 31.1 Å². The maximum atomic E-state index is 12.8. The SMILES string of the molecule is CCCCCCCCC/C=C\CCCCCCCCCC(=O)OC(COC(=O)CCCCCCCC)COC(=O)CCCCCCCCCCCCCCCCCCCCCCCCC. The van der Waals surface area contributed by atoms with Gasteiger partial charge in [0.1, 0.15) is 13.2 Å². The fourth-order valence-corrected chi connectivity index (χ4v) is 8.85. The number of allylic oxidation sites excluding steroid dienone is 2. The predicted molar refractivity (Wildman–Crippen MR) is 280 cm³/mol. The second-order valence-corrected chi connectivity index (χ2v) is 19.9. The molecule has 0 radical (unpaired) electrons. The van der Waals surface area contributed by atoms with Crippen LogP contribution in [0, 0.1) is 0 Å². The first kappa shape index (κ1) is 63.1. The van der Waals surface area contributed by atoms with E-state index < -0.39 is 6.10 Å². The summed E-state index contributed by atoms with van der Waals surface area (Å²) in [6, 6.07) is 0. The average Bonchev–Trinajstić information content (AvgIpc) is 3.30. The molecule has 6 heteroatoms. The van der Waals surface area contributed by atoms with Crippen LogP contribution >= 0.6 is 0 Å². The highest BCUT2D eigenvalue weighted by Gasteiger charge is 2.19. The van der Waals surface area contributed by atoms with Crippen molar-refractivity contribution in [1.82, 2.24) is 0 Å². The molecule has 0 bridgehead atoms. The molecular formula is C59H112O6. The summed E-state index contributed by atoms with van der Waals surface area (Å²) in [5, 5.41) is 0. The molecule has 0 aliphatic carbocycles. The molecule has 6 nitrogen and oxygen atoms in total. The molecule has 0 saturated heterocycles. The highest BCUT2D eigenvalue weighted by Crippen LogP contribution is 2.17. The Morgan fingerprint density at radius 3 is 0.769 bits per heavy atom. The van der Waals surface area contributed by atoms with E-state index in [9.17, 15) is 14.4 Å². The molecule has 0 fully saturated rings. The molecular weight excluding hydrogens is 805 g/mol. The Labute approximate surface area is 405 Å². The van der Waals surface area contributed by atoms with E-state index in [4.69, 9.17) is 14.2 Å². The Balaban J connectivity index is 4.07. The van der Waals surface area contributed by atoms with Gasteiger partial charge in [-0.15, -0.1) is 0 Å². The summed E-state index contributed by atoms with van der Waals surface area (Å²) in [6.07, 6.45) is 62.4. The number of hydrogen-bond donors (Lipinski definition) is 0. The Hall–Kier alpha value is -1.85. The lowest BCUT2D eigenvalue weighted by Crippen LogP contribution is -2.30. The number of esters is 3. The average molecular weight is 918 g/mol. The maximum Gasteiger partial charge on any atom is 0.306 e. The number of rotatable bonds is 54. The molecule has 0 heterocycles. The largest absolute Gasteiger partial charge is 0.462 e. The molecule has 0 aliphatic heterocycles. The number of ether oxygens (including phenoxy) is 3. The van der Waals surface area contributed by atoms with E-state index in [1.54, 1.807) is 0 Å². The van der Waals surface area contributed by atoms with Gasteiger partial charge in [0.2, 0.25) is 0 Å². The fourth-order valence-electron chi connectivity index (χ4n) is 8.85. The van der Waals surface area contributed by atoms with Gasteiger partial charge in [-0.3, -0.25) is 14.4 Å². The Kier molecular flexibility index (Phi) is 53.2. The van der Waals surface area contributed by atoms with Crippen LogP contribution in [0.3, 0.4) is 0 Å². The molecule has 1 atom stereocenters. The van der Waals surface area contributed by atoms with E-state index in [1.807, 2.05) is 0 Å². The van der Waals surface area contributed by atoms with Crippen LogP contribution < -0.4 is 0 Å². The second-order valence-electron chi connectivity index (χ2n) is 19.9. The zero-order valence-electron chi connectivity index (χ0n) is 44.0. The summed E-state index contributed by atoms with van der Waals surface area (Å²) in [4.78, 5) is 37.9. The third kappa shape index (κ3) is 53.0. The van der Waals surface area contributed by atoms with Crippen molar-refractivity contribution in [3.8, 4) is 0 Å². The summed E-state index contributed by atoms with van der Waals surface area (Å²) >= 11 is 0. The van der Waals surface area contributed by atoms with Gasteiger partial charge in [0.05, 0.1) is 0 Å². The summed E-state index contributed by atoms with van der Waals surface area (Å²) in [5.41, 5.74) is 0. The van der Waals surface area contributed by atoms with E-state index >= 15 is 0 Å². The van der Waals surface area contributed by atoms with Crippen molar-refractivity contribution in [2.24, 2.45) is 0 Å². The van der Waals surface area contributed by atoms with E-state index in [0.717, 1.165) is 57.8 Å². The van der Waals surface area contributed by atoms with Gasteiger partial charge in [-0.05, 0) is 44.9 Å². The van der Waals surface area contributed by atoms with E-state index in [1.165, 1.54) is 231 Å². The number of unbranched alkanes of at least 4 members (excludes halogenated alkanes) is 41. The third-order valence-corrected chi connectivity index (χ3v) is 13.3. The lowest BCUT2D eigenvalue weighted by molar-refractivity contribution is -0.167. The van der Waals surface area contributed by atoms with Gasteiger partial charge < -0.3 is 14.2 Å². The highest BCUT2D eigenvalue weighted by atomic mass is 16.6. The Morgan fingerprint density at radius 1 is 0.292 bits per heavy atom. The first-order chi connectivity index (χ1) is 32.0. The highest BCUT2D eigenvalue weighted by molar-refractivity contribution is 5.71. The number of carbonyl (C=O) groups excluding carboxylic acids is 3. The number of hydrogen-bond acceptors (Lipinski definition) is 6. The van der Waals surface area contributed by atoms with Gasteiger partial charge in [0, 0.05) is 19.3 Å². The molecule has 0 spiro atoms. The van der Waals surface area contributed by atoms with Crippen molar-refractivity contribution >= 4 is 17.9 Å². The van der Waals surface area contributed by atoms with Crippen molar-refractivity contribution in [3.63, 3.8) is 0 Å². The van der Waals surface area contributed by atoms with Crippen LogP contribution in [0.4, 0.5) is 0 Å². The van der Waals surface area contributed by atoms with E-state index in [2.05, 4.69) is 32.9 Å². The van der Waals surface area contributed by atoms with Crippen LogP contribution in [-0.2, 0) is 28.6 Å². The third-order valence-electron chi connectivity index (χ3n) is 13.3. The van der Waals surface area contributed by atoms with Crippen LogP contribution in [0.5, 0.6) is 0 Å². The molecule has 384 valence electrons. The zero-order chi connectivity index (χ0) is 47.2. The summed E-state index contributed by atoms with van der Waals surface area (Å²) in [5.74, 6) is -0.860. The topological polar surface area (TPSA) is 78.9 Å². The maximum absolute atomic E-state index is 12.8. The first-order valence-electron chi connectivity index (χ1n) is 29.2. The van der Waals surface area contributed by atoms with Gasteiger partial charge in [-0.2, -0.15) is 0 Å². The predicted octanol–water partition coefficient (Wildman–Crippen LogP) is 19.3. The molecule has 0 saturated carbocycles. The summed E-state index contributed by atoms with van der Waals surface area (Å²) in [6.45, 7) is 6.63. The van der Waals surface area contributed by atoms with E-state index in [0.29, 0.717) is 19.3 Å². The molecule has 0 N–H and O–H groups in total. The molecule has 0 aliphatic rings. The van der Waals surface area contributed by atoms with Crippen molar-refractivity contribution in [2.75, 3.05) is 13.2 Å². The van der Waals surface area contributed by atoms with Crippen LogP contribution in [0.15, 0.2) is 12.2 Å².